The maximum absolute atomic E-state index is 6.24. The zero-order chi connectivity index (χ0) is 13.0. The summed E-state index contributed by atoms with van der Waals surface area (Å²) in [6, 6.07) is 0. The van der Waals surface area contributed by atoms with Gasteiger partial charge in [0.05, 0.1) is 6.61 Å². The standard InChI is InChI=1S/C10H28O3Si3/c1-8-10(9-11-14,12-15(2,3)4)13-16(5,6)7/h8-9H2,1-7,14H3. The van der Waals surface area contributed by atoms with Crippen LogP contribution in [0.25, 0.3) is 0 Å². The molecule has 0 saturated carbocycles. The van der Waals surface area contributed by atoms with Crippen molar-refractivity contribution in [3.63, 3.8) is 0 Å². The minimum atomic E-state index is -1.62. The van der Waals surface area contributed by atoms with Crippen molar-refractivity contribution in [2.45, 2.75) is 58.4 Å². The Morgan fingerprint density at radius 2 is 1.31 bits per heavy atom. The molecule has 0 aliphatic rings. The molecule has 3 nitrogen and oxygen atoms in total. The fourth-order valence-corrected chi connectivity index (χ4v) is 4.91. The van der Waals surface area contributed by atoms with Gasteiger partial charge in [-0.25, -0.2) is 0 Å². The molecule has 0 fully saturated rings. The average molecular weight is 281 g/mol. The molecule has 6 heteroatoms. The summed E-state index contributed by atoms with van der Waals surface area (Å²) in [7, 11) is -2.51. The topological polar surface area (TPSA) is 27.7 Å². The molecule has 0 amide bonds. The molecule has 98 valence electrons. The van der Waals surface area contributed by atoms with Crippen LogP contribution < -0.4 is 0 Å². The predicted octanol–water partition coefficient (Wildman–Crippen LogP) is 2.09. The second-order valence-corrected chi connectivity index (χ2v) is 15.6. The molecule has 0 saturated heterocycles. The molecule has 0 N–H and O–H groups in total. The smallest absolute Gasteiger partial charge is 0.187 e. The molecule has 0 aromatic carbocycles. The number of hydrogen-bond donors (Lipinski definition) is 0. The van der Waals surface area contributed by atoms with Gasteiger partial charge in [0.25, 0.3) is 0 Å². The van der Waals surface area contributed by atoms with Crippen molar-refractivity contribution in [1.29, 1.82) is 0 Å². The summed E-state index contributed by atoms with van der Waals surface area (Å²) in [6.07, 6.45) is 0.851. The van der Waals surface area contributed by atoms with Crippen LogP contribution in [0.2, 0.25) is 39.3 Å². The van der Waals surface area contributed by atoms with Gasteiger partial charge in [-0.15, -0.1) is 0 Å². The molecular formula is C10H28O3Si3. The third kappa shape index (κ3) is 6.97. The second kappa shape index (κ2) is 5.92. The van der Waals surface area contributed by atoms with Gasteiger partial charge in [0.2, 0.25) is 0 Å². The highest BCUT2D eigenvalue weighted by molar-refractivity contribution is 6.71. The van der Waals surface area contributed by atoms with Crippen LogP contribution in [0, 0.1) is 0 Å². The highest BCUT2D eigenvalue weighted by Crippen LogP contribution is 2.27. The maximum atomic E-state index is 6.24. The first-order valence-electron chi connectivity index (χ1n) is 5.93. The minimum Gasteiger partial charge on any atom is -0.423 e. The van der Waals surface area contributed by atoms with Crippen LogP contribution in [0.15, 0.2) is 0 Å². The monoisotopic (exact) mass is 280 g/mol. The van der Waals surface area contributed by atoms with E-state index in [4.69, 9.17) is 13.3 Å². The van der Waals surface area contributed by atoms with E-state index in [1.54, 1.807) is 0 Å². The normalized spacial score (nSPS) is 14.4. The lowest BCUT2D eigenvalue weighted by molar-refractivity contribution is -0.152. The van der Waals surface area contributed by atoms with E-state index >= 15 is 0 Å². The van der Waals surface area contributed by atoms with E-state index in [0.717, 1.165) is 16.9 Å². The summed E-state index contributed by atoms with van der Waals surface area (Å²) in [5.41, 5.74) is 0. The third-order valence-electron chi connectivity index (χ3n) is 1.89. The van der Waals surface area contributed by atoms with Gasteiger partial charge < -0.3 is 13.3 Å². The Morgan fingerprint density at radius 1 is 0.938 bits per heavy atom. The SMILES string of the molecule is CCC(CO[SiH3])(O[Si](C)(C)C)O[Si](C)(C)C. The van der Waals surface area contributed by atoms with Gasteiger partial charge >= 0.3 is 0 Å². The molecule has 0 radical (unpaired) electrons. The van der Waals surface area contributed by atoms with E-state index < -0.39 is 22.4 Å². The average Bonchev–Trinajstić information content (AvgIpc) is 1.98. The Labute approximate surface area is 106 Å². The summed E-state index contributed by atoms with van der Waals surface area (Å²) in [5.74, 6) is -0.503. The zero-order valence-corrected chi connectivity index (χ0v) is 16.1. The van der Waals surface area contributed by atoms with Crippen LogP contribution in [0.3, 0.4) is 0 Å². The highest BCUT2D eigenvalue weighted by Gasteiger charge is 2.39. The Bertz CT molecular complexity index is 192. The van der Waals surface area contributed by atoms with E-state index in [0.29, 0.717) is 6.61 Å². The van der Waals surface area contributed by atoms with Gasteiger partial charge in [-0.05, 0) is 45.7 Å². The summed E-state index contributed by atoms with van der Waals surface area (Å²) in [4.78, 5) is 0. The van der Waals surface area contributed by atoms with Crippen molar-refractivity contribution in [2.75, 3.05) is 6.61 Å². The summed E-state index contributed by atoms with van der Waals surface area (Å²) >= 11 is 0. The predicted molar refractivity (Wildman–Crippen MR) is 77.8 cm³/mol. The Morgan fingerprint density at radius 3 is 1.50 bits per heavy atom. The van der Waals surface area contributed by atoms with Crippen molar-refractivity contribution >= 4 is 27.1 Å². The van der Waals surface area contributed by atoms with Crippen LogP contribution in [-0.2, 0) is 13.3 Å². The first kappa shape index (κ1) is 16.5. The summed E-state index contributed by atoms with van der Waals surface area (Å²) in [5, 5.41) is 0. The molecule has 0 atom stereocenters. The first-order valence-corrected chi connectivity index (χ1v) is 13.6. The molecule has 0 bridgehead atoms. The van der Waals surface area contributed by atoms with E-state index in [1.165, 1.54) is 0 Å². The van der Waals surface area contributed by atoms with Crippen LogP contribution >= 0.6 is 0 Å². The zero-order valence-electron chi connectivity index (χ0n) is 12.1. The van der Waals surface area contributed by atoms with Crippen LogP contribution in [0.4, 0.5) is 0 Å². The lowest BCUT2D eigenvalue weighted by Crippen LogP contribution is -2.52. The molecular weight excluding hydrogens is 252 g/mol. The summed E-state index contributed by atoms with van der Waals surface area (Å²) < 4.78 is 17.9. The van der Waals surface area contributed by atoms with Crippen molar-refractivity contribution in [1.82, 2.24) is 0 Å². The molecule has 16 heavy (non-hydrogen) atoms. The molecule has 0 aliphatic carbocycles. The molecule has 0 aromatic heterocycles. The molecule has 0 heterocycles. The fourth-order valence-electron chi connectivity index (χ4n) is 1.66. The van der Waals surface area contributed by atoms with Crippen LogP contribution in [0.5, 0.6) is 0 Å². The van der Waals surface area contributed by atoms with Gasteiger partial charge in [0.15, 0.2) is 22.4 Å². The van der Waals surface area contributed by atoms with Gasteiger partial charge in [0.1, 0.15) is 10.5 Å². The van der Waals surface area contributed by atoms with Crippen LogP contribution in [-0.4, -0.2) is 39.5 Å². The van der Waals surface area contributed by atoms with Crippen molar-refractivity contribution in [2.24, 2.45) is 0 Å². The summed E-state index contributed by atoms with van der Waals surface area (Å²) in [6.45, 7) is 15.8. The minimum absolute atomic E-state index is 0.503. The van der Waals surface area contributed by atoms with E-state index in [-0.39, 0.29) is 0 Å². The van der Waals surface area contributed by atoms with E-state index in [9.17, 15) is 0 Å². The number of hydrogen-bond acceptors (Lipinski definition) is 3. The van der Waals surface area contributed by atoms with Crippen molar-refractivity contribution in [3.05, 3.63) is 0 Å². The first-order chi connectivity index (χ1) is 7.04. The lowest BCUT2D eigenvalue weighted by Gasteiger charge is -2.42. The Kier molecular flexibility index (Phi) is 6.12. The van der Waals surface area contributed by atoms with Crippen LogP contribution in [0.1, 0.15) is 13.3 Å². The lowest BCUT2D eigenvalue weighted by atomic mass is 10.2. The molecule has 0 aromatic rings. The van der Waals surface area contributed by atoms with E-state index in [1.807, 2.05) is 0 Å². The van der Waals surface area contributed by atoms with Gasteiger partial charge in [-0.3, -0.25) is 0 Å². The number of rotatable bonds is 7. The molecule has 0 unspecified atom stereocenters. The maximum Gasteiger partial charge on any atom is 0.187 e. The molecule has 0 aliphatic heterocycles. The quantitative estimate of drug-likeness (QED) is 0.528. The van der Waals surface area contributed by atoms with E-state index in [2.05, 4.69) is 46.2 Å². The third-order valence-corrected chi connectivity index (χ3v) is 4.14. The Balaban J connectivity index is 4.85. The Hall–Kier alpha value is 0.531. The van der Waals surface area contributed by atoms with Crippen molar-refractivity contribution in [3.8, 4) is 0 Å². The van der Waals surface area contributed by atoms with Gasteiger partial charge in [-0.1, -0.05) is 6.92 Å². The van der Waals surface area contributed by atoms with Crippen molar-refractivity contribution < 1.29 is 13.3 Å². The van der Waals surface area contributed by atoms with Gasteiger partial charge in [-0.2, -0.15) is 0 Å². The second-order valence-electron chi connectivity index (χ2n) is 6.13. The highest BCUT2D eigenvalue weighted by atomic mass is 28.4. The van der Waals surface area contributed by atoms with Gasteiger partial charge in [0, 0.05) is 0 Å². The molecule has 0 rings (SSSR count). The fraction of sp³-hybridized carbons (Fsp3) is 1.00. The largest absolute Gasteiger partial charge is 0.423 e. The molecule has 0 spiro atoms.